The van der Waals surface area contributed by atoms with Crippen LogP contribution in [0.1, 0.15) is 67.2 Å². The maximum atomic E-state index is 13.5. The summed E-state index contributed by atoms with van der Waals surface area (Å²) in [7, 11) is 4.15. The summed E-state index contributed by atoms with van der Waals surface area (Å²) in [6.07, 6.45) is 3.55. The maximum absolute atomic E-state index is 13.5. The van der Waals surface area contributed by atoms with E-state index in [1.165, 1.54) is 11.1 Å². The predicted octanol–water partition coefficient (Wildman–Crippen LogP) is 5.06. The molecular formula is C27H36N4O2. The fraction of sp³-hybridized carbons (Fsp3) is 0.481. The minimum Gasteiger partial charge on any atom is -0.373 e. The molecule has 2 aromatic carbocycles. The molecule has 0 radical (unpaired) electrons. The number of nitrogens with zero attached hydrogens (tertiary/aromatic N) is 4. The van der Waals surface area contributed by atoms with Crippen LogP contribution in [0.4, 0.5) is 0 Å². The van der Waals surface area contributed by atoms with Gasteiger partial charge in [-0.05, 0) is 77.0 Å². The van der Waals surface area contributed by atoms with E-state index < -0.39 is 0 Å². The zero-order chi connectivity index (χ0) is 23.5. The number of rotatable bonds is 7. The maximum Gasteiger partial charge on any atom is 0.254 e. The monoisotopic (exact) mass is 448 g/mol. The van der Waals surface area contributed by atoms with E-state index in [0.29, 0.717) is 24.8 Å². The number of carbonyl (C=O) groups excluding carboxylic acids is 1. The lowest BCUT2D eigenvalue weighted by atomic mass is 9.95. The van der Waals surface area contributed by atoms with Gasteiger partial charge in [0.15, 0.2) is 0 Å². The molecular weight excluding hydrogens is 412 g/mol. The number of aromatic nitrogens is 2. The third-order valence-corrected chi connectivity index (χ3v) is 6.53. The average Bonchev–Trinajstić information content (AvgIpc) is 3.23. The van der Waals surface area contributed by atoms with E-state index in [1.54, 1.807) is 0 Å². The van der Waals surface area contributed by atoms with Crippen molar-refractivity contribution in [1.82, 2.24) is 19.4 Å². The van der Waals surface area contributed by atoms with Crippen LogP contribution in [0.5, 0.6) is 0 Å². The van der Waals surface area contributed by atoms with Gasteiger partial charge < -0.3 is 19.1 Å². The highest BCUT2D eigenvalue weighted by Gasteiger charge is 2.31. The molecule has 6 nitrogen and oxygen atoms in total. The van der Waals surface area contributed by atoms with Gasteiger partial charge in [0.05, 0.1) is 23.5 Å². The fourth-order valence-corrected chi connectivity index (χ4v) is 4.81. The second kappa shape index (κ2) is 10.1. The predicted molar refractivity (Wildman–Crippen MR) is 132 cm³/mol. The number of imidazole rings is 1. The smallest absolute Gasteiger partial charge is 0.254 e. The van der Waals surface area contributed by atoms with E-state index in [2.05, 4.69) is 73.6 Å². The van der Waals surface area contributed by atoms with Crippen LogP contribution < -0.4 is 0 Å². The lowest BCUT2D eigenvalue weighted by Crippen LogP contribution is -2.44. The standard InChI is InChI=1S/C27H36N4O2/c1-6-30(27(32)22-11-12-25-24(15-22)28-18-31(25)19(2)3)23-13-14-33-26(16-23)21-9-7-20(8-10-21)17-29(4)5/h7-12,15,18-19,23,26H,6,13-14,16-17H2,1-5H3/t23-,26+/m0/s1. The Morgan fingerprint density at radius 2 is 1.94 bits per heavy atom. The molecule has 0 unspecified atom stereocenters. The number of carbonyl (C=O) groups is 1. The van der Waals surface area contributed by atoms with Gasteiger partial charge in [0.25, 0.3) is 5.91 Å². The first-order chi connectivity index (χ1) is 15.9. The lowest BCUT2D eigenvalue weighted by Gasteiger charge is -2.37. The van der Waals surface area contributed by atoms with Crippen molar-refractivity contribution in [3.8, 4) is 0 Å². The van der Waals surface area contributed by atoms with Gasteiger partial charge in [-0.2, -0.15) is 0 Å². The molecule has 0 spiro atoms. The molecule has 3 aromatic rings. The summed E-state index contributed by atoms with van der Waals surface area (Å²) in [5.41, 5.74) is 5.11. The molecule has 0 aliphatic carbocycles. The van der Waals surface area contributed by atoms with E-state index in [0.717, 1.165) is 30.4 Å². The second-order valence-electron chi connectivity index (χ2n) is 9.56. The highest BCUT2D eigenvalue weighted by atomic mass is 16.5. The van der Waals surface area contributed by atoms with Crippen LogP contribution in [0.15, 0.2) is 48.8 Å². The fourth-order valence-electron chi connectivity index (χ4n) is 4.81. The van der Waals surface area contributed by atoms with Gasteiger partial charge in [0, 0.05) is 37.3 Å². The molecule has 1 amide bonds. The van der Waals surface area contributed by atoms with Crippen molar-refractivity contribution < 1.29 is 9.53 Å². The summed E-state index contributed by atoms with van der Waals surface area (Å²) < 4.78 is 8.25. The van der Waals surface area contributed by atoms with Gasteiger partial charge in [-0.3, -0.25) is 4.79 Å². The van der Waals surface area contributed by atoms with Crippen molar-refractivity contribution in [2.75, 3.05) is 27.2 Å². The quantitative estimate of drug-likeness (QED) is 0.507. The van der Waals surface area contributed by atoms with Gasteiger partial charge >= 0.3 is 0 Å². The minimum atomic E-state index is 0.0169. The Morgan fingerprint density at radius 1 is 1.18 bits per heavy atom. The summed E-state index contributed by atoms with van der Waals surface area (Å²) in [5, 5.41) is 0. The Kier molecular flexibility index (Phi) is 7.15. The summed E-state index contributed by atoms with van der Waals surface area (Å²) in [6, 6.07) is 15.1. The molecule has 0 N–H and O–H groups in total. The Bertz CT molecular complexity index is 1090. The Morgan fingerprint density at radius 3 is 2.61 bits per heavy atom. The average molecular weight is 449 g/mol. The minimum absolute atomic E-state index is 0.0169. The Hall–Kier alpha value is -2.70. The van der Waals surface area contributed by atoms with Gasteiger partial charge in [-0.1, -0.05) is 24.3 Å². The van der Waals surface area contributed by atoms with E-state index >= 15 is 0 Å². The van der Waals surface area contributed by atoms with Crippen molar-refractivity contribution in [3.05, 3.63) is 65.5 Å². The van der Waals surface area contributed by atoms with E-state index in [4.69, 9.17) is 4.74 Å². The lowest BCUT2D eigenvalue weighted by molar-refractivity contribution is -0.0231. The van der Waals surface area contributed by atoms with Crippen LogP contribution in [0.2, 0.25) is 0 Å². The SMILES string of the molecule is CCN(C(=O)c1ccc2c(c1)ncn2C(C)C)[C@H]1CCO[C@@H](c2ccc(CN(C)C)cc2)C1. The van der Waals surface area contributed by atoms with Gasteiger partial charge in [0.2, 0.25) is 0 Å². The van der Waals surface area contributed by atoms with Crippen LogP contribution in [0, 0.1) is 0 Å². The Balaban J connectivity index is 1.49. The number of amides is 1. The van der Waals surface area contributed by atoms with Crippen molar-refractivity contribution >= 4 is 16.9 Å². The molecule has 2 heterocycles. The number of fused-ring (bicyclic) bond motifs is 1. The zero-order valence-electron chi connectivity index (χ0n) is 20.5. The zero-order valence-corrected chi connectivity index (χ0v) is 20.5. The molecule has 1 aromatic heterocycles. The van der Waals surface area contributed by atoms with Crippen LogP contribution in [0.25, 0.3) is 11.0 Å². The molecule has 176 valence electrons. The highest BCUT2D eigenvalue weighted by molar-refractivity contribution is 5.97. The Labute approximate surface area is 197 Å². The van der Waals surface area contributed by atoms with Crippen molar-refractivity contribution in [1.29, 1.82) is 0 Å². The number of benzene rings is 2. The molecule has 4 rings (SSSR count). The molecule has 1 fully saturated rings. The van der Waals surface area contributed by atoms with Crippen LogP contribution >= 0.6 is 0 Å². The first kappa shape index (κ1) is 23.5. The van der Waals surface area contributed by atoms with Crippen molar-refractivity contribution in [2.45, 2.75) is 58.3 Å². The molecule has 33 heavy (non-hydrogen) atoms. The second-order valence-corrected chi connectivity index (χ2v) is 9.56. The van der Waals surface area contributed by atoms with Gasteiger partial charge in [-0.15, -0.1) is 0 Å². The molecule has 6 heteroatoms. The first-order valence-corrected chi connectivity index (χ1v) is 12.0. The first-order valence-electron chi connectivity index (χ1n) is 12.0. The van der Waals surface area contributed by atoms with E-state index in [-0.39, 0.29) is 18.1 Å². The molecule has 0 saturated carbocycles. The highest BCUT2D eigenvalue weighted by Crippen LogP contribution is 2.32. The summed E-state index contributed by atoms with van der Waals surface area (Å²) >= 11 is 0. The van der Waals surface area contributed by atoms with Crippen molar-refractivity contribution in [2.24, 2.45) is 0 Å². The molecule has 0 bridgehead atoms. The van der Waals surface area contributed by atoms with Crippen LogP contribution in [0.3, 0.4) is 0 Å². The van der Waals surface area contributed by atoms with E-state index in [9.17, 15) is 4.79 Å². The van der Waals surface area contributed by atoms with Crippen molar-refractivity contribution in [3.63, 3.8) is 0 Å². The molecule has 1 aliphatic rings. The summed E-state index contributed by atoms with van der Waals surface area (Å²) in [4.78, 5) is 22.2. The summed E-state index contributed by atoms with van der Waals surface area (Å²) in [6.45, 7) is 8.59. The molecule has 1 aliphatic heterocycles. The van der Waals surface area contributed by atoms with Gasteiger partial charge in [-0.25, -0.2) is 4.98 Å². The van der Waals surface area contributed by atoms with Crippen LogP contribution in [-0.4, -0.2) is 58.5 Å². The third-order valence-electron chi connectivity index (χ3n) is 6.53. The normalized spacial score (nSPS) is 18.9. The van der Waals surface area contributed by atoms with Crippen LogP contribution in [-0.2, 0) is 11.3 Å². The topological polar surface area (TPSA) is 50.6 Å². The molecule has 1 saturated heterocycles. The van der Waals surface area contributed by atoms with E-state index in [1.807, 2.05) is 29.4 Å². The number of hydrogen-bond acceptors (Lipinski definition) is 4. The third kappa shape index (κ3) is 5.12. The summed E-state index contributed by atoms with van der Waals surface area (Å²) in [5.74, 6) is 0.0745. The number of hydrogen-bond donors (Lipinski definition) is 0. The largest absolute Gasteiger partial charge is 0.373 e. The molecule has 2 atom stereocenters. The number of ether oxygens (including phenoxy) is 1. The van der Waals surface area contributed by atoms with Gasteiger partial charge in [0.1, 0.15) is 0 Å².